The van der Waals surface area contributed by atoms with E-state index in [4.69, 9.17) is 0 Å². The molecular formula is C26H31N3O3. The largest absolute Gasteiger partial charge is 0.352 e. The maximum absolute atomic E-state index is 13.0. The first kappa shape index (κ1) is 22.1. The molecule has 2 aromatic rings. The summed E-state index contributed by atoms with van der Waals surface area (Å²) < 4.78 is 0. The van der Waals surface area contributed by atoms with Crippen LogP contribution in [-0.4, -0.2) is 29.8 Å². The van der Waals surface area contributed by atoms with Crippen LogP contribution in [0.3, 0.4) is 0 Å². The molecule has 0 saturated heterocycles. The normalized spacial score (nSPS) is 17.2. The lowest BCUT2D eigenvalue weighted by Crippen LogP contribution is -2.48. The van der Waals surface area contributed by atoms with Gasteiger partial charge in [0, 0.05) is 29.6 Å². The van der Waals surface area contributed by atoms with Gasteiger partial charge in [0.15, 0.2) is 0 Å². The predicted octanol–water partition coefficient (Wildman–Crippen LogP) is 3.83. The summed E-state index contributed by atoms with van der Waals surface area (Å²) in [6.45, 7) is 0. The standard InChI is InChI=1S/C26H31N3O3/c30-24(19-10-5-2-6-11-19)28-22-13-7-12-20(17-22)25(31)29-23(26(32)27-21-14-15-21)16-18-8-3-1-4-9-18/h1,3-4,7-9,12-13,17,19,21,23H,2,5-6,10-11,14-16H2,(H,27,32)(H,28,30)(H,29,31). The van der Waals surface area contributed by atoms with E-state index in [0.717, 1.165) is 44.1 Å². The summed E-state index contributed by atoms with van der Waals surface area (Å²) in [4.78, 5) is 38.3. The average molecular weight is 434 g/mol. The van der Waals surface area contributed by atoms with Crippen molar-refractivity contribution in [2.75, 3.05) is 5.32 Å². The fourth-order valence-electron chi connectivity index (χ4n) is 4.18. The van der Waals surface area contributed by atoms with Crippen LogP contribution >= 0.6 is 0 Å². The fourth-order valence-corrected chi connectivity index (χ4v) is 4.18. The van der Waals surface area contributed by atoms with Gasteiger partial charge in [0.25, 0.3) is 5.91 Å². The molecule has 2 aliphatic rings. The van der Waals surface area contributed by atoms with Crippen LogP contribution in [0.15, 0.2) is 54.6 Å². The minimum atomic E-state index is -0.661. The van der Waals surface area contributed by atoms with Crippen LogP contribution in [0, 0.1) is 5.92 Å². The monoisotopic (exact) mass is 433 g/mol. The van der Waals surface area contributed by atoms with Crippen molar-refractivity contribution < 1.29 is 14.4 Å². The highest BCUT2D eigenvalue weighted by Crippen LogP contribution is 2.25. The number of anilines is 1. The lowest BCUT2D eigenvalue weighted by atomic mass is 9.88. The molecule has 2 fully saturated rings. The zero-order chi connectivity index (χ0) is 22.3. The summed E-state index contributed by atoms with van der Waals surface area (Å²) >= 11 is 0. The van der Waals surface area contributed by atoms with Crippen molar-refractivity contribution in [3.05, 3.63) is 65.7 Å². The quantitative estimate of drug-likeness (QED) is 0.591. The summed E-state index contributed by atoms with van der Waals surface area (Å²) in [6.07, 6.45) is 7.60. The molecule has 2 saturated carbocycles. The van der Waals surface area contributed by atoms with E-state index < -0.39 is 6.04 Å². The van der Waals surface area contributed by atoms with Crippen LogP contribution in [0.5, 0.6) is 0 Å². The molecule has 0 spiro atoms. The maximum atomic E-state index is 13.0. The van der Waals surface area contributed by atoms with E-state index in [1.807, 2.05) is 30.3 Å². The zero-order valence-corrected chi connectivity index (χ0v) is 18.3. The Bertz CT molecular complexity index is 950. The van der Waals surface area contributed by atoms with E-state index in [9.17, 15) is 14.4 Å². The summed E-state index contributed by atoms with van der Waals surface area (Å²) in [5.74, 6) is -0.423. The first-order chi connectivity index (χ1) is 15.6. The van der Waals surface area contributed by atoms with Crippen molar-refractivity contribution in [1.29, 1.82) is 0 Å². The Morgan fingerprint density at radius 3 is 2.34 bits per heavy atom. The lowest BCUT2D eigenvalue weighted by molar-refractivity contribution is -0.123. The van der Waals surface area contributed by atoms with E-state index in [-0.39, 0.29) is 29.7 Å². The Hall–Kier alpha value is -3.15. The van der Waals surface area contributed by atoms with Gasteiger partial charge in [0.2, 0.25) is 11.8 Å². The fraction of sp³-hybridized carbons (Fsp3) is 0.423. The minimum absolute atomic E-state index is 0.0213. The second kappa shape index (κ2) is 10.4. The van der Waals surface area contributed by atoms with Crippen molar-refractivity contribution in [2.24, 2.45) is 5.92 Å². The number of hydrogen-bond donors (Lipinski definition) is 3. The Balaban J connectivity index is 1.42. The third-order valence-electron chi connectivity index (χ3n) is 6.20. The second-order valence-corrected chi connectivity index (χ2v) is 8.90. The molecule has 3 N–H and O–H groups in total. The Kier molecular flexibility index (Phi) is 7.20. The zero-order valence-electron chi connectivity index (χ0n) is 18.3. The SMILES string of the molecule is O=C(NC(Cc1ccccc1)C(=O)NC1CC1)c1cccc(NC(=O)C2CCCCC2)c1. The molecule has 1 unspecified atom stereocenters. The van der Waals surface area contributed by atoms with Crippen molar-refractivity contribution in [1.82, 2.24) is 10.6 Å². The van der Waals surface area contributed by atoms with Gasteiger partial charge in [-0.25, -0.2) is 0 Å². The number of rotatable bonds is 8. The van der Waals surface area contributed by atoms with E-state index in [2.05, 4.69) is 16.0 Å². The molecule has 0 aliphatic heterocycles. The molecule has 32 heavy (non-hydrogen) atoms. The van der Waals surface area contributed by atoms with E-state index in [1.165, 1.54) is 6.42 Å². The highest BCUT2D eigenvalue weighted by atomic mass is 16.2. The molecule has 6 heteroatoms. The van der Waals surface area contributed by atoms with Crippen LogP contribution in [0.2, 0.25) is 0 Å². The summed E-state index contributed by atoms with van der Waals surface area (Å²) in [7, 11) is 0. The van der Waals surface area contributed by atoms with Gasteiger partial charge in [-0.15, -0.1) is 0 Å². The van der Waals surface area contributed by atoms with Gasteiger partial charge in [-0.2, -0.15) is 0 Å². The molecule has 2 aromatic carbocycles. The molecule has 0 aromatic heterocycles. The molecule has 0 heterocycles. The molecule has 1 atom stereocenters. The Labute approximate surface area is 189 Å². The molecule has 0 radical (unpaired) electrons. The number of hydrogen-bond acceptors (Lipinski definition) is 3. The minimum Gasteiger partial charge on any atom is -0.352 e. The second-order valence-electron chi connectivity index (χ2n) is 8.90. The van der Waals surface area contributed by atoms with Gasteiger partial charge in [0.05, 0.1) is 0 Å². The number of benzene rings is 2. The smallest absolute Gasteiger partial charge is 0.252 e. The highest BCUT2D eigenvalue weighted by molar-refractivity contribution is 5.99. The molecular weight excluding hydrogens is 402 g/mol. The van der Waals surface area contributed by atoms with Crippen LogP contribution in [0.4, 0.5) is 5.69 Å². The summed E-state index contributed by atoms with van der Waals surface area (Å²) in [5.41, 5.74) is 2.01. The number of carbonyl (C=O) groups excluding carboxylic acids is 3. The Morgan fingerprint density at radius 2 is 1.62 bits per heavy atom. The van der Waals surface area contributed by atoms with Gasteiger partial charge in [-0.3, -0.25) is 14.4 Å². The van der Waals surface area contributed by atoms with Crippen LogP contribution < -0.4 is 16.0 Å². The van der Waals surface area contributed by atoms with E-state index >= 15 is 0 Å². The van der Waals surface area contributed by atoms with Gasteiger partial charge in [-0.1, -0.05) is 55.7 Å². The van der Waals surface area contributed by atoms with Gasteiger partial charge in [-0.05, 0) is 49.4 Å². The third kappa shape index (κ3) is 6.19. The molecule has 2 aliphatic carbocycles. The lowest BCUT2D eigenvalue weighted by Gasteiger charge is -2.21. The maximum Gasteiger partial charge on any atom is 0.252 e. The molecule has 0 bridgehead atoms. The van der Waals surface area contributed by atoms with Gasteiger partial charge < -0.3 is 16.0 Å². The summed E-state index contributed by atoms with van der Waals surface area (Å²) in [5, 5.41) is 8.85. The van der Waals surface area contributed by atoms with E-state index in [0.29, 0.717) is 17.7 Å². The van der Waals surface area contributed by atoms with Gasteiger partial charge in [0.1, 0.15) is 6.04 Å². The molecule has 3 amide bonds. The predicted molar refractivity (Wildman–Crippen MR) is 124 cm³/mol. The summed E-state index contributed by atoms with van der Waals surface area (Å²) in [6, 6.07) is 16.1. The van der Waals surface area contributed by atoms with E-state index in [1.54, 1.807) is 24.3 Å². The van der Waals surface area contributed by atoms with Crippen LogP contribution in [-0.2, 0) is 16.0 Å². The van der Waals surface area contributed by atoms with Crippen molar-refractivity contribution >= 4 is 23.4 Å². The first-order valence-corrected chi connectivity index (χ1v) is 11.6. The highest BCUT2D eigenvalue weighted by Gasteiger charge is 2.29. The van der Waals surface area contributed by atoms with Crippen molar-refractivity contribution in [2.45, 2.75) is 63.5 Å². The molecule has 168 valence electrons. The van der Waals surface area contributed by atoms with Gasteiger partial charge >= 0.3 is 0 Å². The topological polar surface area (TPSA) is 87.3 Å². The number of carbonyl (C=O) groups is 3. The number of nitrogens with one attached hydrogen (secondary N) is 3. The number of amides is 3. The molecule has 6 nitrogen and oxygen atoms in total. The Morgan fingerprint density at radius 1 is 0.875 bits per heavy atom. The van der Waals surface area contributed by atoms with Crippen molar-refractivity contribution in [3.8, 4) is 0 Å². The molecule has 4 rings (SSSR count). The average Bonchev–Trinajstić information content (AvgIpc) is 3.64. The van der Waals surface area contributed by atoms with Crippen LogP contribution in [0.1, 0.15) is 60.9 Å². The first-order valence-electron chi connectivity index (χ1n) is 11.6. The van der Waals surface area contributed by atoms with Crippen molar-refractivity contribution in [3.63, 3.8) is 0 Å². The van der Waals surface area contributed by atoms with Crippen LogP contribution in [0.25, 0.3) is 0 Å². The third-order valence-corrected chi connectivity index (χ3v) is 6.20.